The van der Waals surface area contributed by atoms with Gasteiger partial charge < -0.3 is 10.1 Å². The summed E-state index contributed by atoms with van der Waals surface area (Å²) in [5, 5.41) is 3.01. The van der Waals surface area contributed by atoms with E-state index in [0.717, 1.165) is 5.56 Å². The van der Waals surface area contributed by atoms with E-state index in [1.54, 1.807) is 30.4 Å². The third-order valence-corrected chi connectivity index (χ3v) is 3.41. The van der Waals surface area contributed by atoms with Crippen molar-refractivity contribution in [1.29, 1.82) is 0 Å². The lowest BCUT2D eigenvalue weighted by atomic mass is 10.1. The zero-order chi connectivity index (χ0) is 16.5. The summed E-state index contributed by atoms with van der Waals surface area (Å²) in [5.74, 6) is 0. The second-order valence-electron chi connectivity index (χ2n) is 4.71. The number of carbonyl (C=O) groups is 2. The first-order chi connectivity index (χ1) is 11.2. The number of aldehydes is 1. The molecule has 0 saturated carbocycles. The number of rotatable bonds is 6. The number of hydrogen-bond acceptors (Lipinski definition) is 3. The number of nitrogens with one attached hydrogen (secondary N) is 1. The summed E-state index contributed by atoms with van der Waals surface area (Å²) in [5.41, 5.74) is 2.05. The molecule has 2 aromatic rings. The van der Waals surface area contributed by atoms with E-state index in [2.05, 4.69) is 5.32 Å². The Morgan fingerprint density at radius 2 is 1.91 bits per heavy atom. The summed E-state index contributed by atoms with van der Waals surface area (Å²) in [6.45, 7) is 0.512. The minimum absolute atomic E-state index is 0.222. The van der Waals surface area contributed by atoms with Gasteiger partial charge in [-0.3, -0.25) is 4.79 Å². The maximum absolute atomic E-state index is 11.6. The van der Waals surface area contributed by atoms with Gasteiger partial charge in [0.15, 0.2) is 6.29 Å². The van der Waals surface area contributed by atoms with Crippen molar-refractivity contribution in [3.8, 4) is 0 Å². The molecule has 118 valence electrons. The van der Waals surface area contributed by atoms with Gasteiger partial charge in [0.05, 0.1) is 5.02 Å². The van der Waals surface area contributed by atoms with Crippen LogP contribution in [-0.4, -0.2) is 18.9 Å². The van der Waals surface area contributed by atoms with Gasteiger partial charge in [0.25, 0.3) is 0 Å². The molecule has 0 aromatic heterocycles. The van der Waals surface area contributed by atoms with Crippen molar-refractivity contribution in [3.05, 3.63) is 76.3 Å². The molecule has 0 aliphatic heterocycles. The van der Waals surface area contributed by atoms with Gasteiger partial charge in [-0.1, -0.05) is 66.2 Å². The van der Waals surface area contributed by atoms with Crippen molar-refractivity contribution < 1.29 is 14.3 Å². The number of halogens is 1. The molecule has 2 rings (SSSR count). The molecule has 0 bridgehead atoms. The van der Waals surface area contributed by atoms with Gasteiger partial charge in [0, 0.05) is 12.1 Å². The first-order valence-electron chi connectivity index (χ1n) is 7.05. The molecule has 0 heterocycles. The zero-order valence-corrected chi connectivity index (χ0v) is 13.1. The van der Waals surface area contributed by atoms with E-state index in [4.69, 9.17) is 16.3 Å². The summed E-state index contributed by atoms with van der Waals surface area (Å²) in [6.07, 6.45) is 3.67. The summed E-state index contributed by atoms with van der Waals surface area (Å²) >= 11 is 5.94. The van der Waals surface area contributed by atoms with Gasteiger partial charge in [0.2, 0.25) is 0 Å². The number of hydrogen-bond donors (Lipinski definition) is 1. The topological polar surface area (TPSA) is 55.4 Å². The smallest absolute Gasteiger partial charge is 0.407 e. The lowest BCUT2D eigenvalue weighted by molar-refractivity contribution is 0.112. The highest BCUT2D eigenvalue weighted by atomic mass is 35.5. The molecule has 0 spiro atoms. The van der Waals surface area contributed by atoms with E-state index in [0.29, 0.717) is 29.0 Å². The normalized spacial score (nSPS) is 10.5. The number of amides is 1. The molecular weight excluding hydrogens is 314 g/mol. The Morgan fingerprint density at radius 1 is 1.13 bits per heavy atom. The van der Waals surface area contributed by atoms with Crippen LogP contribution in [0.3, 0.4) is 0 Å². The quantitative estimate of drug-likeness (QED) is 0.812. The largest absolute Gasteiger partial charge is 0.445 e. The van der Waals surface area contributed by atoms with Gasteiger partial charge in [-0.25, -0.2) is 4.79 Å². The molecule has 0 unspecified atom stereocenters. The molecule has 0 fully saturated rings. The third-order valence-electron chi connectivity index (χ3n) is 3.08. The first-order valence-corrected chi connectivity index (χ1v) is 7.43. The van der Waals surface area contributed by atoms with Crippen LogP contribution in [0.1, 0.15) is 21.5 Å². The van der Waals surface area contributed by atoms with Gasteiger partial charge in [0.1, 0.15) is 6.61 Å². The Kier molecular flexibility index (Phi) is 6.39. The van der Waals surface area contributed by atoms with Crippen LogP contribution in [0.4, 0.5) is 4.79 Å². The molecule has 1 amide bonds. The van der Waals surface area contributed by atoms with Crippen molar-refractivity contribution in [1.82, 2.24) is 5.32 Å². The third kappa shape index (κ3) is 5.27. The number of alkyl carbamates (subject to hydrolysis) is 1. The van der Waals surface area contributed by atoms with E-state index in [1.165, 1.54) is 0 Å². The number of carbonyl (C=O) groups excluding carboxylic acids is 2. The molecule has 23 heavy (non-hydrogen) atoms. The van der Waals surface area contributed by atoms with E-state index in [9.17, 15) is 9.59 Å². The summed E-state index contributed by atoms with van der Waals surface area (Å²) in [6, 6.07) is 14.6. The molecule has 0 saturated heterocycles. The number of ether oxygens (including phenoxy) is 1. The van der Waals surface area contributed by atoms with Gasteiger partial charge in [-0.2, -0.15) is 0 Å². The zero-order valence-electron chi connectivity index (χ0n) is 12.4. The fourth-order valence-corrected chi connectivity index (χ4v) is 2.15. The molecule has 5 heteroatoms. The Hall–Kier alpha value is -2.59. The minimum Gasteiger partial charge on any atom is -0.445 e. The van der Waals surface area contributed by atoms with Crippen LogP contribution in [0.25, 0.3) is 6.08 Å². The van der Waals surface area contributed by atoms with Crippen molar-refractivity contribution in [2.24, 2.45) is 0 Å². The van der Waals surface area contributed by atoms with Crippen LogP contribution in [-0.2, 0) is 11.3 Å². The Labute approximate surface area is 139 Å². The minimum atomic E-state index is -0.500. The average molecular weight is 330 g/mol. The molecule has 0 radical (unpaired) electrons. The predicted molar refractivity (Wildman–Crippen MR) is 90.5 cm³/mol. The molecule has 1 N–H and O–H groups in total. The summed E-state index contributed by atoms with van der Waals surface area (Å²) in [7, 11) is 0. The van der Waals surface area contributed by atoms with E-state index < -0.39 is 6.09 Å². The second-order valence-corrected chi connectivity index (χ2v) is 5.11. The number of benzene rings is 2. The lowest BCUT2D eigenvalue weighted by Crippen LogP contribution is -2.24. The van der Waals surface area contributed by atoms with Crippen LogP contribution in [0.2, 0.25) is 5.02 Å². The van der Waals surface area contributed by atoms with Crippen LogP contribution < -0.4 is 5.32 Å². The van der Waals surface area contributed by atoms with Crippen molar-refractivity contribution in [2.75, 3.05) is 6.54 Å². The average Bonchev–Trinajstić information content (AvgIpc) is 2.58. The van der Waals surface area contributed by atoms with E-state index in [-0.39, 0.29) is 6.61 Å². The van der Waals surface area contributed by atoms with Crippen LogP contribution in [0, 0.1) is 0 Å². The molecule has 4 nitrogen and oxygen atoms in total. The van der Waals surface area contributed by atoms with Crippen molar-refractivity contribution >= 4 is 30.1 Å². The Morgan fingerprint density at radius 3 is 2.65 bits per heavy atom. The maximum atomic E-state index is 11.6. The SMILES string of the molecule is O=Cc1c(Cl)cccc1C=CCNC(=O)OCc1ccccc1. The van der Waals surface area contributed by atoms with Crippen LogP contribution >= 0.6 is 11.6 Å². The Balaban J connectivity index is 1.79. The molecule has 0 aliphatic carbocycles. The molecule has 2 aromatic carbocycles. The lowest BCUT2D eigenvalue weighted by Gasteiger charge is -2.05. The summed E-state index contributed by atoms with van der Waals surface area (Å²) < 4.78 is 5.08. The van der Waals surface area contributed by atoms with E-state index in [1.807, 2.05) is 30.3 Å². The fourth-order valence-electron chi connectivity index (χ4n) is 1.93. The molecule has 0 atom stereocenters. The maximum Gasteiger partial charge on any atom is 0.407 e. The predicted octanol–water partition coefficient (Wildman–Crippen LogP) is 4.09. The van der Waals surface area contributed by atoms with Gasteiger partial charge in [-0.05, 0) is 17.2 Å². The summed E-state index contributed by atoms with van der Waals surface area (Å²) in [4.78, 5) is 22.6. The highest BCUT2D eigenvalue weighted by Crippen LogP contribution is 2.18. The second kappa shape index (κ2) is 8.76. The standard InChI is InChI=1S/C18H16ClNO3/c19-17-10-4-8-15(16(17)12-21)9-5-11-20-18(22)23-13-14-6-2-1-3-7-14/h1-10,12H,11,13H2,(H,20,22). The first kappa shape index (κ1) is 16.8. The molecular formula is C18H16ClNO3. The van der Waals surface area contributed by atoms with Crippen molar-refractivity contribution in [3.63, 3.8) is 0 Å². The monoisotopic (exact) mass is 329 g/mol. The highest BCUT2D eigenvalue weighted by molar-refractivity contribution is 6.33. The van der Waals surface area contributed by atoms with Gasteiger partial charge >= 0.3 is 6.09 Å². The van der Waals surface area contributed by atoms with Crippen molar-refractivity contribution in [2.45, 2.75) is 6.61 Å². The van der Waals surface area contributed by atoms with Crippen LogP contribution in [0.5, 0.6) is 0 Å². The van der Waals surface area contributed by atoms with E-state index >= 15 is 0 Å². The fraction of sp³-hybridized carbons (Fsp3) is 0.111. The van der Waals surface area contributed by atoms with Crippen LogP contribution in [0.15, 0.2) is 54.6 Å². The van der Waals surface area contributed by atoms with Gasteiger partial charge in [-0.15, -0.1) is 0 Å². The Bertz CT molecular complexity index is 699. The molecule has 0 aliphatic rings. The highest BCUT2D eigenvalue weighted by Gasteiger charge is 2.03.